The maximum Gasteiger partial charge on any atom is 0.387 e. The Hall–Kier alpha value is -2.09. The van der Waals surface area contributed by atoms with Gasteiger partial charge in [0.1, 0.15) is 5.75 Å². The number of benzene rings is 1. The van der Waals surface area contributed by atoms with Gasteiger partial charge in [0.05, 0.1) is 24.0 Å². The lowest BCUT2D eigenvalue weighted by Gasteiger charge is -2.14. The molecule has 1 aromatic carbocycles. The summed E-state index contributed by atoms with van der Waals surface area (Å²) >= 11 is 0.936. The molecule has 106 valence electrons. The van der Waals surface area contributed by atoms with E-state index < -0.39 is 6.61 Å². The smallest absolute Gasteiger partial charge is 0.387 e. The monoisotopic (exact) mass is 299 g/mol. The molecule has 2 rings (SSSR count). The minimum Gasteiger partial charge on any atom is -0.435 e. The van der Waals surface area contributed by atoms with Gasteiger partial charge in [-0.15, -0.1) is 0 Å². The molecule has 0 spiro atoms. The molecule has 0 fully saturated rings. The second-order valence-electron chi connectivity index (χ2n) is 3.94. The zero-order chi connectivity index (χ0) is 14.5. The van der Waals surface area contributed by atoms with Crippen LogP contribution in [-0.4, -0.2) is 21.3 Å². The molecule has 0 bridgehead atoms. The fraction of sp³-hybridized carbons (Fsp3) is 0.250. The Balaban J connectivity index is 2.05. The van der Waals surface area contributed by atoms with Crippen LogP contribution >= 0.6 is 11.7 Å². The third-order valence-electron chi connectivity index (χ3n) is 2.52. The average Bonchev–Trinajstić information content (AvgIpc) is 2.92. The van der Waals surface area contributed by atoms with Gasteiger partial charge in [-0.25, -0.2) is 0 Å². The van der Waals surface area contributed by atoms with Crippen molar-refractivity contribution in [3.8, 4) is 5.75 Å². The first-order valence-corrected chi connectivity index (χ1v) is 6.42. The molecule has 2 aromatic rings. The summed E-state index contributed by atoms with van der Waals surface area (Å²) in [5, 5.41) is 2.70. The number of hydrogen-bond donors (Lipinski definition) is 1. The van der Waals surface area contributed by atoms with E-state index in [9.17, 15) is 13.6 Å². The Labute approximate surface area is 117 Å². The minimum absolute atomic E-state index is 0.0499. The van der Waals surface area contributed by atoms with E-state index in [1.165, 1.54) is 18.3 Å². The van der Waals surface area contributed by atoms with Crippen molar-refractivity contribution in [2.24, 2.45) is 0 Å². The topological polar surface area (TPSA) is 64.1 Å². The number of nitrogens with zero attached hydrogens (tertiary/aromatic N) is 2. The number of carbonyl (C=O) groups is 1. The summed E-state index contributed by atoms with van der Waals surface area (Å²) in [6.45, 7) is -1.14. The first kappa shape index (κ1) is 14.3. The largest absolute Gasteiger partial charge is 0.435 e. The molecule has 0 aliphatic rings. The van der Waals surface area contributed by atoms with Crippen LogP contribution in [0.4, 0.5) is 8.78 Å². The zero-order valence-electron chi connectivity index (χ0n) is 10.4. The van der Waals surface area contributed by atoms with Crippen LogP contribution in [-0.2, 0) is 0 Å². The van der Waals surface area contributed by atoms with Crippen LogP contribution in [0.25, 0.3) is 0 Å². The Morgan fingerprint density at radius 1 is 1.45 bits per heavy atom. The molecule has 0 saturated carbocycles. The minimum atomic E-state index is -2.88. The number of hydrogen-bond acceptors (Lipinski definition) is 5. The van der Waals surface area contributed by atoms with Gasteiger partial charge < -0.3 is 10.1 Å². The van der Waals surface area contributed by atoms with Crippen molar-refractivity contribution in [1.82, 2.24) is 14.1 Å². The molecule has 20 heavy (non-hydrogen) atoms. The zero-order valence-corrected chi connectivity index (χ0v) is 11.2. The van der Waals surface area contributed by atoms with Crippen molar-refractivity contribution in [1.29, 1.82) is 0 Å². The Kier molecular flexibility index (Phi) is 4.57. The van der Waals surface area contributed by atoms with Gasteiger partial charge in [0, 0.05) is 0 Å². The number of halogens is 2. The summed E-state index contributed by atoms with van der Waals surface area (Å²) in [5.41, 5.74) is 0.876. The molecule has 1 unspecified atom stereocenters. The fourth-order valence-electron chi connectivity index (χ4n) is 1.58. The number of amides is 1. The van der Waals surface area contributed by atoms with Crippen molar-refractivity contribution >= 4 is 17.6 Å². The van der Waals surface area contributed by atoms with E-state index in [-0.39, 0.29) is 23.4 Å². The molecular formula is C12H11F2N3O2S. The molecule has 1 atom stereocenters. The third-order valence-corrected chi connectivity index (χ3v) is 3.00. The highest BCUT2D eigenvalue weighted by Crippen LogP contribution is 2.20. The summed E-state index contributed by atoms with van der Waals surface area (Å²) < 4.78 is 36.2. The Morgan fingerprint density at radius 2 is 2.25 bits per heavy atom. The molecule has 0 saturated heterocycles. The lowest BCUT2D eigenvalue weighted by molar-refractivity contribution is -0.0499. The summed E-state index contributed by atoms with van der Waals surface area (Å²) in [6, 6.07) is 5.80. The highest BCUT2D eigenvalue weighted by atomic mass is 32.1. The van der Waals surface area contributed by atoms with Crippen molar-refractivity contribution in [2.75, 3.05) is 0 Å². The highest BCUT2D eigenvalue weighted by molar-refractivity contribution is 6.99. The average molecular weight is 299 g/mol. The summed E-state index contributed by atoms with van der Waals surface area (Å²) in [6.07, 6.45) is 1.36. The number of ether oxygens (including phenoxy) is 1. The molecule has 0 aliphatic carbocycles. The standard InChI is InChI=1S/C12H11F2N3O2S/c1-7(16-11(18)10-6-15-20-17-10)8-3-2-4-9(5-8)19-12(13)14/h2-7,12H,1H3,(H,16,18). The fourth-order valence-corrected chi connectivity index (χ4v) is 1.99. The predicted octanol–water partition coefficient (Wildman–Crippen LogP) is 2.63. The van der Waals surface area contributed by atoms with E-state index in [1.807, 2.05) is 0 Å². The lowest BCUT2D eigenvalue weighted by atomic mass is 10.1. The molecule has 1 amide bonds. The van der Waals surface area contributed by atoms with Gasteiger partial charge in [-0.05, 0) is 24.6 Å². The normalized spacial score (nSPS) is 12.2. The maximum absolute atomic E-state index is 12.1. The van der Waals surface area contributed by atoms with Gasteiger partial charge in [-0.2, -0.15) is 17.5 Å². The van der Waals surface area contributed by atoms with Gasteiger partial charge in [-0.3, -0.25) is 4.79 Å². The van der Waals surface area contributed by atoms with Gasteiger partial charge in [-0.1, -0.05) is 12.1 Å². The predicted molar refractivity (Wildman–Crippen MR) is 68.9 cm³/mol. The molecule has 0 aliphatic heterocycles. The number of nitrogens with one attached hydrogen (secondary N) is 1. The molecule has 1 heterocycles. The quantitative estimate of drug-likeness (QED) is 0.922. The summed E-state index contributed by atoms with van der Waals surface area (Å²) in [5.74, 6) is -0.319. The number of alkyl halides is 2. The van der Waals surface area contributed by atoms with Crippen molar-refractivity contribution < 1.29 is 18.3 Å². The number of aromatic nitrogens is 2. The second-order valence-corrected chi connectivity index (χ2v) is 4.50. The third kappa shape index (κ3) is 3.70. The van der Waals surface area contributed by atoms with Crippen LogP contribution in [0.1, 0.15) is 29.0 Å². The molecule has 5 nitrogen and oxygen atoms in total. The summed E-state index contributed by atoms with van der Waals surface area (Å²) in [4.78, 5) is 11.8. The second kappa shape index (κ2) is 6.38. The first-order valence-electron chi connectivity index (χ1n) is 5.69. The van der Waals surface area contributed by atoms with Crippen molar-refractivity contribution in [2.45, 2.75) is 19.6 Å². The maximum atomic E-state index is 12.1. The Morgan fingerprint density at radius 3 is 2.90 bits per heavy atom. The number of rotatable bonds is 5. The van der Waals surface area contributed by atoms with Crippen LogP contribution < -0.4 is 10.1 Å². The number of carbonyl (C=O) groups excluding carboxylic acids is 1. The van der Waals surface area contributed by atoms with E-state index in [0.717, 1.165) is 11.7 Å². The van der Waals surface area contributed by atoms with Gasteiger partial charge in [0.25, 0.3) is 5.91 Å². The molecule has 1 aromatic heterocycles. The molecule has 8 heteroatoms. The van der Waals surface area contributed by atoms with E-state index >= 15 is 0 Å². The SMILES string of the molecule is CC(NC(=O)c1cnsn1)c1cccc(OC(F)F)c1. The van der Waals surface area contributed by atoms with E-state index in [0.29, 0.717) is 5.56 Å². The molecule has 0 radical (unpaired) electrons. The van der Waals surface area contributed by atoms with Crippen molar-refractivity contribution in [3.05, 3.63) is 41.7 Å². The molecular weight excluding hydrogens is 288 g/mol. The van der Waals surface area contributed by atoms with E-state index in [2.05, 4.69) is 18.8 Å². The van der Waals surface area contributed by atoms with Crippen LogP contribution in [0.2, 0.25) is 0 Å². The highest BCUT2D eigenvalue weighted by Gasteiger charge is 2.14. The first-order chi connectivity index (χ1) is 9.56. The lowest BCUT2D eigenvalue weighted by Crippen LogP contribution is -2.26. The van der Waals surface area contributed by atoms with Gasteiger partial charge >= 0.3 is 6.61 Å². The van der Waals surface area contributed by atoms with Gasteiger partial charge in [0.2, 0.25) is 0 Å². The van der Waals surface area contributed by atoms with Crippen LogP contribution in [0.15, 0.2) is 30.5 Å². The Bertz CT molecular complexity index is 578. The molecule has 1 N–H and O–H groups in total. The van der Waals surface area contributed by atoms with Crippen LogP contribution in [0.3, 0.4) is 0 Å². The van der Waals surface area contributed by atoms with E-state index in [4.69, 9.17) is 0 Å². The van der Waals surface area contributed by atoms with Crippen LogP contribution in [0, 0.1) is 0 Å². The van der Waals surface area contributed by atoms with E-state index in [1.54, 1.807) is 19.1 Å². The van der Waals surface area contributed by atoms with Crippen LogP contribution in [0.5, 0.6) is 5.75 Å². The summed E-state index contributed by atoms with van der Waals surface area (Å²) in [7, 11) is 0. The van der Waals surface area contributed by atoms with Crippen molar-refractivity contribution in [3.63, 3.8) is 0 Å². The van der Waals surface area contributed by atoms with Gasteiger partial charge in [0.15, 0.2) is 5.69 Å².